The van der Waals surface area contributed by atoms with Crippen molar-refractivity contribution in [2.24, 2.45) is 0 Å². The molecule has 23 heavy (non-hydrogen) atoms. The van der Waals surface area contributed by atoms with Gasteiger partial charge in [0.05, 0.1) is 5.69 Å². The molecule has 1 atom stereocenters. The van der Waals surface area contributed by atoms with Crippen LogP contribution in [0.5, 0.6) is 0 Å². The van der Waals surface area contributed by atoms with Crippen LogP contribution in [0, 0.1) is 6.92 Å². The number of rotatable bonds is 5. The first-order chi connectivity index (χ1) is 11.2. The van der Waals surface area contributed by atoms with Gasteiger partial charge >= 0.3 is 0 Å². The maximum atomic E-state index is 11.2. The zero-order valence-corrected chi connectivity index (χ0v) is 13.0. The molecule has 3 nitrogen and oxygen atoms in total. The molecule has 0 amide bonds. The SMILES string of the molecule is Cc1cc(C[C@](O)(/C=C\c2ccccc2)c2ccccc2)on1. The van der Waals surface area contributed by atoms with Gasteiger partial charge in [0.25, 0.3) is 0 Å². The molecule has 0 radical (unpaired) electrons. The quantitative estimate of drug-likeness (QED) is 0.771. The molecule has 2 aromatic carbocycles. The van der Waals surface area contributed by atoms with Crippen LogP contribution in [0.1, 0.15) is 22.6 Å². The van der Waals surface area contributed by atoms with Crippen molar-refractivity contribution in [1.82, 2.24) is 5.16 Å². The van der Waals surface area contributed by atoms with Crippen LogP contribution in [0.25, 0.3) is 6.08 Å². The molecule has 3 rings (SSSR count). The fourth-order valence-electron chi connectivity index (χ4n) is 2.55. The first kappa shape index (κ1) is 15.3. The van der Waals surface area contributed by atoms with Gasteiger partial charge in [-0.2, -0.15) is 0 Å². The monoisotopic (exact) mass is 305 g/mol. The Hall–Kier alpha value is -2.65. The average molecular weight is 305 g/mol. The van der Waals surface area contributed by atoms with Crippen molar-refractivity contribution in [3.8, 4) is 0 Å². The highest BCUT2D eigenvalue weighted by Crippen LogP contribution is 2.28. The lowest BCUT2D eigenvalue weighted by atomic mass is 9.88. The average Bonchev–Trinajstić information content (AvgIpc) is 2.99. The number of nitrogens with zero attached hydrogens (tertiary/aromatic N) is 1. The number of aromatic nitrogens is 1. The van der Waals surface area contributed by atoms with Crippen LogP contribution in [0.4, 0.5) is 0 Å². The van der Waals surface area contributed by atoms with Gasteiger partial charge in [-0.05, 0) is 24.1 Å². The van der Waals surface area contributed by atoms with Crippen LogP contribution in [-0.4, -0.2) is 10.3 Å². The smallest absolute Gasteiger partial charge is 0.140 e. The van der Waals surface area contributed by atoms with E-state index >= 15 is 0 Å². The Balaban J connectivity index is 1.94. The molecule has 116 valence electrons. The lowest BCUT2D eigenvalue weighted by Crippen LogP contribution is -2.25. The molecular weight excluding hydrogens is 286 g/mol. The molecule has 0 aliphatic rings. The molecule has 1 aromatic heterocycles. The highest BCUT2D eigenvalue weighted by molar-refractivity contribution is 5.51. The van der Waals surface area contributed by atoms with E-state index in [-0.39, 0.29) is 0 Å². The van der Waals surface area contributed by atoms with Gasteiger partial charge in [-0.25, -0.2) is 0 Å². The summed E-state index contributed by atoms with van der Waals surface area (Å²) in [6.07, 6.45) is 4.08. The van der Waals surface area contributed by atoms with Crippen LogP contribution in [-0.2, 0) is 12.0 Å². The Morgan fingerprint density at radius 2 is 1.70 bits per heavy atom. The topological polar surface area (TPSA) is 46.3 Å². The second-order valence-corrected chi connectivity index (χ2v) is 5.65. The molecule has 3 aromatic rings. The standard InChI is InChI=1S/C20H19NO2/c1-16-14-19(23-21-16)15-20(22,18-10-6-3-7-11-18)13-12-17-8-4-2-5-9-17/h2-14,22H,15H2,1H3/b13-12-/t20-/m1/s1. The minimum Gasteiger partial charge on any atom is -0.381 e. The van der Waals surface area contributed by atoms with E-state index < -0.39 is 5.60 Å². The Labute approximate surface area is 135 Å². The minimum atomic E-state index is -1.15. The third-order valence-electron chi connectivity index (χ3n) is 3.75. The van der Waals surface area contributed by atoms with E-state index in [0.717, 1.165) is 16.8 Å². The van der Waals surface area contributed by atoms with Crippen molar-refractivity contribution in [1.29, 1.82) is 0 Å². The number of hydrogen-bond acceptors (Lipinski definition) is 3. The zero-order chi connectivity index (χ0) is 16.1. The van der Waals surface area contributed by atoms with Gasteiger partial charge in [-0.15, -0.1) is 0 Å². The minimum absolute atomic E-state index is 0.335. The number of hydrogen-bond donors (Lipinski definition) is 1. The third-order valence-corrected chi connectivity index (χ3v) is 3.75. The summed E-state index contributed by atoms with van der Waals surface area (Å²) in [5.41, 5.74) is 1.52. The summed E-state index contributed by atoms with van der Waals surface area (Å²) >= 11 is 0. The summed E-state index contributed by atoms with van der Waals surface area (Å²) in [5.74, 6) is 0.659. The predicted octanol–water partition coefficient (Wildman–Crippen LogP) is 4.13. The summed E-state index contributed by atoms with van der Waals surface area (Å²) < 4.78 is 5.29. The highest BCUT2D eigenvalue weighted by atomic mass is 16.5. The van der Waals surface area contributed by atoms with Crippen LogP contribution >= 0.6 is 0 Å². The molecule has 0 aliphatic heterocycles. The van der Waals surface area contributed by atoms with Crippen LogP contribution in [0.2, 0.25) is 0 Å². The maximum Gasteiger partial charge on any atom is 0.140 e. The summed E-state index contributed by atoms with van der Waals surface area (Å²) in [7, 11) is 0. The van der Waals surface area contributed by atoms with E-state index in [1.165, 1.54) is 0 Å². The van der Waals surface area contributed by atoms with Gasteiger partial charge < -0.3 is 9.63 Å². The van der Waals surface area contributed by atoms with E-state index in [0.29, 0.717) is 12.2 Å². The Morgan fingerprint density at radius 3 is 2.30 bits per heavy atom. The van der Waals surface area contributed by atoms with E-state index in [2.05, 4.69) is 5.16 Å². The molecule has 0 unspecified atom stereocenters. The zero-order valence-electron chi connectivity index (χ0n) is 13.0. The number of aryl methyl sites for hydroxylation is 1. The van der Waals surface area contributed by atoms with E-state index in [4.69, 9.17) is 4.52 Å². The van der Waals surface area contributed by atoms with Crippen molar-refractivity contribution in [3.05, 3.63) is 95.4 Å². The molecule has 0 saturated heterocycles. The van der Waals surface area contributed by atoms with Gasteiger partial charge in [0.2, 0.25) is 0 Å². The largest absolute Gasteiger partial charge is 0.381 e. The Bertz CT molecular complexity index is 778. The first-order valence-corrected chi connectivity index (χ1v) is 7.60. The molecule has 1 N–H and O–H groups in total. The Morgan fingerprint density at radius 1 is 1.04 bits per heavy atom. The molecule has 0 bridgehead atoms. The fourth-order valence-corrected chi connectivity index (χ4v) is 2.55. The van der Waals surface area contributed by atoms with E-state index in [9.17, 15) is 5.11 Å². The van der Waals surface area contributed by atoms with Crippen molar-refractivity contribution in [2.45, 2.75) is 18.9 Å². The summed E-state index contributed by atoms with van der Waals surface area (Å²) in [5, 5.41) is 15.1. The highest BCUT2D eigenvalue weighted by Gasteiger charge is 2.28. The van der Waals surface area contributed by atoms with Crippen LogP contribution in [0.3, 0.4) is 0 Å². The molecule has 0 fully saturated rings. The number of aliphatic hydroxyl groups is 1. The van der Waals surface area contributed by atoms with Gasteiger partial charge in [0, 0.05) is 12.5 Å². The molecule has 0 spiro atoms. The predicted molar refractivity (Wildman–Crippen MR) is 90.8 cm³/mol. The van der Waals surface area contributed by atoms with Gasteiger partial charge in [-0.1, -0.05) is 71.9 Å². The molecule has 1 heterocycles. The normalized spacial score (nSPS) is 14.0. The third kappa shape index (κ3) is 3.76. The van der Waals surface area contributed by atoms with Gasteiger partial charge in [-0.3, -0.25) is 0 Å². The van der Waals surface area contributed by atoms with Crippen molar-refractivity contribution in [2.75, 3.05) is 0 Å². The van der Waals surface area contributed by atoms with E-state index in [1.54, 1.807) is 0 Å². The lowest BCUT2D eigenvalue weighted by molar-refractivity contribution is 0.0825. The van der Waals surface area contributed by atoms with Crippen LogP contribution < -0.4 is 0 Å². The number of benzene rings is 2. The van der Waals surface area contributed by atoms with Crippen molar-refractivity contribution in [3.63, 3.8) is 0 Å². The molecular formula is C20H19NO2. The van der Waals surface area contributed by atoms with Gasteiger partial charge in [0.1, 0.15) is 11.4 Å². The summed E-state index contributed by atoms with van der Waals surface area (Å²) in [6, 6.07) is 21.4. The summed E-state index contributed by atoms with van der Waals surface area (Å²) in [4.78, 5) is 0. The molecule has 0 aliphatic carbocycles. The fraction of sp³-hybridized carbons (Fsp3) is 0.150. The lowest BCUT2D eigenvalue weighted by Gasteiger charge is -2.24. The maximum absolute atomic E-state index is 11.2. The van der Waals surface area contributed by atoms with Gasteiger partial charge in [0.15, 0.2) is 0 Å². The molecule has 3 heteroatoms. The van der Waals surface area contributed by atoms with Crippen molar-refractivity contribution >= 4 is 6.08 Å². The van der Waals surface area contributed by atoms with Crippen LogP contribution in [0.15, 0.2) is 77.3 Å². The second-order valence-electron chi connectivity index (χ2n) is 5.65. The van der Waals surface area contributed by atoms with E-state index in [1.807, 2.05) is 85.8 Å². The Kier molecular flexibility index (Phi) is 4.40. The van der Waals surface area contributed by atoms with Crippen molar-refractivity contribution < 1.29 is 9.63 Å². The second kappa shape index (κ2) is 6.63. The first-order valence-electron chi connectivity index (χ1n) is 7.60. The summed E-state index contributed by atoms with van der Waals surface area (Å²) in [6.45, 7) is 1.87. The molecule has 0 saturated carbocycles.